The number of aryl methyl sites for hydroxylation is 2. The molecule has 6 heterocycles. The van der Waals surface area contributed by atoms with E-state index >= 15 is 0 Å². The number of carboxylic acids is 1. The highest BCUT2D eigenvalue weighted by Gasteiger charge is 2.32. The maximum Gasteiger partial charge on any atom is 0.348 e. The zero-order valence-corrected chi connectivity index (χ0v) is 24.8. The maximum atomic E-state index is 13.2. The van der Waals surface area contributed by atoms with Crippen LogP contribution in [0.15, 0.2) is 30.9 Å². The summed E-state index contributed by atoms with van der Waals surface area (Å²) in [5.74, 6) is -2.70. The van der Waals surface area contributed by atoms with Crippen molar-refractivity contribution in [1.29, 1.82) is 0 Å². The number of hydrogen-bond acceptors (Lipinski definition) is 6. The highest BCUT2D eigenvalue weighted by Crippen LogP contribution is 2.41. The van der Waals surface area contributed by atoms with Crippen LogP contribution >= 0.6 is 0 Å². The number of fused-ring (bicyclic) bond motifs is 8. The van der Waals surface area contributed by atoms with Gasteiger partial charge in [0.05, 0.1) is 46.7 Å². The molecule has 0 saturated heterocycles. The fourth-order valence-electron chi connectivity index (χ4n) is 6.32. The summed E-state index contributed by atoms with van der Waals surface area (Å²) in [4.78, 5) is 54.6. The molecule has 0 fully saturated rings. The number of aliphatic carboxylic acids is 1. The van der Waals surface area contributed by atoms with Crippen molar-refractivity contribution in [1.82, 2.24) is 19.9 Å². The van der Waals surface area contributed by atoms with Crippen molar-refractivity contribution < 1.29 is 24.2 Å². The molecule has 3 aliphatic heterocycles. The predicted octanol–water partition coefficient (Wildman–Crippen LogP) is 6.82. The van der Waals surface area contributed by atoms with Gasteiger partial charge in [0.2, 0.25) is 0 Å². The van der Waals surface area contributed by atoms with Gasteiger partial charge in [0.25, 0.3) is 0 Å². The van der Waals surface area contributed by atoms with Gasteiger partial charge in [-0.2, -0.15) is 0 Å². The van der Waals surface area contributed by atoms with Gasteiger partial charge in [-0.05, 0) is 73.2 Å². The molecule has 0 aliphatic carbocycles. The average molecular weight is 577 g/mol. The number of allylic oxidation sites excluding steroid dienone is 3. The number of aromatic nitrogens is 4. The second-order valence-electron chi connectivity index (χ2n) is 11.2. The van der Waals surface area contributed by atoms with E-state index < -0.39 is 17.9 Å². The van der Waals surface area contributed by atoms with E-state index in [4.69, 9.17) is 14.7 Å². The molecule has 0 saturated carbocycles. The van der Waals surface area contributed by atoms with Crippen molar-refractivity contribution >= 4 is 62.8 Å². The molecule has 3 aliphatic rings. The first-order chi connectivity index (χ1) is 20.5. The van der Waals surface area contributed by atoms with Crippen molar-refractivity contribution in [3.8, 4) is 0 Å². The Labute approximate surface area is 248 Å². The van der Waals surface area contributed by atoms with Crippen LogP contribution in [0.2, 0.25) is 0 Å². The molecule has 0 amide bonds. The highest BCUT2D eigenvalue weighted by atomic mass is 16.6. The number of hydrogen-bond donors (Lipinski definition) is 3. The molecule has 9 nitrogen and oxygen atoms in total. The minimum Gasteiger partial charge on any atom is -0.481 e. The SMILES string of the molecule is C=Cc1c(C)c2cc3nc(c4c5[nH]c(cc6nc(cc1[nH]2)C(C)=C6CC)c(C)c5C(=O)OC(=O)C4)/C(=C\CC(=O)O)C3C. The Bertz CT molecular complexity index is 2020. The van der Waals surface area contributed by atoms with Gasteiger partial charge in [-0.1, -0.05) is 32.6 Å². The first kappa shape index (κ1) is 28.1. The van der Waals surface area contributed by atoms with E-state index in [0.29, 0.717) is 39.1 Å². The number of H-pyrrole nitrogens is 2. The van der Waals surface area contributed by atoms with E-state index in [2.05, 4.69) is 30.4 Å². The Balaban J connectivity index is 1.85. The van der Waals surface area contributed by atoms with Crippen LogP contribution in [0.1, 0.15) is 94.9 Å². The van der Waals surface area contributed by atoms with Crippen LogP contribution < -0.4 is 0 Å². The number of ether oxygens (including phenoxy) is 1. The minimum absolute atomic E-state index is 0.208. The second-order valence-corrected chi connectivity index (χ2v) is 11.2. The van der Waals surface area contributed by atoms with Gasteiger partial charge in [-0.25, -0.2) is 9.78 Å². The van der Waals surface area contributed by atoms with Crippen molar-refractivity contribution in [3.05, 3.63) is 81.4 Å². The topological polar surface area (TPSA) is 138 Å². The summed E-state index contributed by atoms with van der Waals surface area (Å²) in [6.45, 7) is 14.0. The first-order valence-electron chi connectivity index (χ1n) is 14.3. The molecule has 218 valence electrons. The molecule has 6 rings (SSSR count). The van der Waals surface area contributed by atoms with Crippen LogP contribution in [0, 0.1) is 13.8 Å². The molecular weight excluding hydrogens is 544 g/mol. The van der Waals surface area contributed by atoms with E-state index in [1.54, 1.807) is 6.08 Å². The summed E-state index contributed by atoms with van der Waals surface area (Å²) < 4.78 is 5.21. The summed E-state index contributed by atoms with van der Waals surface area (Å²) in [5.41, 5.74) is 11.7. The van der Waals surface area contributed by atoms with Crippen LogP contribution in [0.3, 0.4) is 0 Å². The van der Waals surface area contributed by atoms with Crippen LogP contribution in [0.25, 0.3) is 44.9 Å². The number of carboxylic acid groups (broad SMARTS) is 1. The fourth-order valence-corrected chi connectivity index (χ4v) is 6.32. The number of carbonyl (C=O) groups is 3. The largest absolute Gasteiger partial charge is 0.481 e. The van der Waals surface area contributed by atoms with Gasteiger partial charge < -0.3 is 19.8 Å². The Morgan fingerprint density at radius 2 is 1.79 bits per heavy atom. The lowest BCUT2D eigenvalue weighted by molar-refractivity contribution is -0.137. The quantitative estimate of drug-likeness (QED) is 0.229. The third kappa shape index (κ3) is 4.52. The summed E-state index contributed by atoms with van der Waals surface area (Å²) in [6, 6.07) is 5.91. The van der Waals surface area contributed by atoms with Gasteiger partial charge in [-0.3, -0.25) is 14.6 Å². The second kappa shape index (κ2) is 10.3. The van der Waals surface area contributed by atoms with Crippen LogP contribution in [-0.2, 0) is 20.7 Å². The number of rotatable bonds is 4. The molecule has 43 heavy (non-hydrogen) atoms. The highest BCUT2D eigenvalue weighted by molar-refractivity contribution is 6.09. The lowest BCUT2D eigenvalue weighted by Crippen LogP contribution is -2.12. The molecular formula is C34H32N4O5. The fraction of sp³-hybridized carbons (Fsp3) is 0.265. The molecule has 9 heteroatoms. The van der Waals surface area contributed by atoms with E-state index in [-0.39, 0.29) is 24.3 Å². The molecule has 0 spiro atoms. The van der Waals surface area contributed by atoms with E-state index in [1.807, 2.05) is 45.0 Å². The Kier molecular flexibility index (Phi) is 6.76. The third-order valence-electron chi connectivity index (χ3n) is 8.70. The maximum absolute atomic E-state index is 13.2. The number of nitrogens with zero attached hydrogens (tertiary/aromatic N) is 2. The summed E-state index contributed by atoms with van der Waals surface area (Å²) >= 11 is 0. The average Bonchev–Trinajstić information content (AvgIpc) is 3.61. The van der Waals surface area contributed by atoms with Crippen LogP contribution in [0.4, 0.5) is 0 Å². The zero-order valence-electron chi connectivity index (χ0n) is 24.8. The van der Waals surface area contributed by atoms with Gasteiger partial charge in [0.15, 0.2) is 0 Å². The Hall–Kier alpha value is -5.05. The number of esters is 2. The third-order valence-corrected chi connectivity index (χ3v) is 8.70. The molecule has 0 aromatic carbocycles. The van der Waals surface area contributed by atoms with E-state index in [9.17, 15) is 19.5 Å². The number of nitrogens with one attached hydrogen (secondary N) is 2. The summed E-state index contributed by atoms with van der Waals surface area (Å²) in [7, 11) is 0. The molecule has 0 radical (unpaired) electrons. The zero-order chi connectivity index (χ0) is 30.7. The number of aromatic amines is 2. The normalized spacial score (nSPS) is 17.3. The van der Waals surface area contributed by atoms with E-state index in [0.717, 1.165) is 51.1 Å². The molecule has 3 aromatic heterocycles. The standard InChI is InChI=1S/C34H32N4O5/c1-7-19-15(3)23-12-25-17(5)21(9-10-29(39)40)32(37-25)22-11-30(41)43-34(42)31-18(6)26(38-33(22)31)14-28-20(8-2)16(4)24(36-28)13-27(19)35-23/h7,9,12-14,17,35,38H,1,8,10-11H2,2-6H3,(H,39,40)/b21-9-,23-12?,24-13?,25-12?,26-14?,27-13?,28-14?,32-22?. The predicted molar refractivity (Wildman–Crippen MR) is 166 cm³/mol. The monoisotopic (exact) mass is 576 g/mol. The van der Waals surface area contributed by atoms with Crippen LogP contribution in [-0.4, -0.2) is 43.0 Å². The Morgan fingerprint density at radius 3 is 2.49 bits per heavy atom. The van der Waals surface area contributed by atoms with Crippen molar-refractivity contribution in [2.24, 2.45) is 0 Å². The van der Waals surface area contributed by atoms with Gasteiger partial charge in [0, 0.05) is 33.6 Å². The molecule has 3 N–H and O–H groups in total. The lowest BCUT2D eigenvalue weighted by atomic mass is 9.93. The minimum atomic E-state index is -0.983. The smallest absolute Gasteiger partial charge is 0.348 e. The molecule has 3 aromatic rings. The van der Waals surface area contributed by atoms with Crippen molar-refractivity contribution in [2.45, 2.75) is 59.8 Å². The van der Waals surface area contributed by atoms with E-state index in [1.165, 1.54) is 0 Å². The molecule has 1 atom stereocenters. The van der Waals surface area contributed by atoms with Crippen molar-refractivity contribution in [2.75, 3.05) is 0 Å². The first-order valence-corrected chi connectivity index (χ1v) is 14.3. The summed E-state index contributed by atoms with van der Waals surface area (Å²) in [6.07, 6.45) is 3.79. The van der Waals surface area contributed by atoms with Crippen LogP contribution in [0.5, 0.6) is 0 Å². The van der Waals surface area contributed by atoms with Crippen molar-refractivity contribution in [3.63, 3.8) is 0 Å². The molecule has 8 bridgehead atoms. The van der Waals surface area contributed by atoms with Gasteiger partial charge >= 0.3 is 17.9 Å². The van der Waals surface area contributed by atoms with Gasteiger partial charge in [0.1, 0.15) is 0 Å². The van der Waals surface area contributed by atoms with Gasteiger partial charge in [-0.15, -0.1) is 0 Å². The Morgan fingerprint density at radius 1 is 1.07 bits per heavy atom. The number of carbonyl (C=O) groups excluding carboxylic acids is 2. The lowest BCUT2D eigenvalue weighted by Gasteiger charge is -2.08. The number of cyclic esters (lactones) is 2. The summed E-state index contributed by atoms with van der Waals surface area (Å²) in [5, 5.41) is 9.51. The molecule has 1 unspecified atom stereocenters.